The molecule has 0 unspecified atom stereocenters. The van der Waals surface area contributed by atoms with Crippen molar-refractivity contribution in [1.29, 1.82) is 0 Å². The highest BCUT2D eigenvalue weighted by Crippen LogP contribution is 2.20. The zero-order valence-electron chi connectivity index (χ0n) is 7.45. The van der Waals surface area contributed by atoms with E-state index in [1.807, 2.05) is 0 Å². The lowest BCUT2D eigenvalue weighted by Crippen LogP contribution is -2.21. The maximum Gasteiger partial charge on any atom is 0.321 e. The van der Waals surface area contributed by atoms with Gasteiger partial charge < -0.3 is 0 Å². The Hall–Kier alpha value is -1.42. The van der Waals surface area contributed by atoms with Crippen LogP contribution in [0.15, 0.2) is 35.1 Å². The summed E-state index contributed by atoms with van der Waals surface area (Å²) in [6, 6.07) is 7.75. The van der Waals surface area contributed by atoms with Gasteiger partial charge in [0.15, 0.2) is 0 Å². The van der Waals surface area contributed by atoms with Gasteiger partial charge in [0, 0.05) is 5.39 Å². The molecule has 0 aliphatic carbocycles. The van der Waals surface area contributed by atoms with E-state index in [9.17, 15) is 13.6 Å². The number of hydrogen-bond acceptors (Lipinski definition) is 1. The van der Waals surface area contributed by atoms with E-state index >= 15 is 0 Å². The van der Waals surface area contributed by atoms with Gasteiger partial charge in [0.1, 0.15) is 5.02 Å². The molecule has 2 aromatic rings. The summed E-state index contributed by atoms with van der Waals surface area (Å²) in [4.78, 5) is 11.4. The summed E-state index contributed by atoms with van der Waals surface area (Å²) < 4.78 is 25.7. The predicted octanol–water partition coefficient (Wildman–Crippen LogP) is 3.05. The number of halogens is 3. The topological polar surface area (TPSA) is 22.0 Å². The van der Waals surface area contributed by atoms with Crippen LogP contribution in [0.5, 0.6) is 0 Å². The molecule has 0 radical (unpaired) electrons. The van der Waals surface area contributed by atoms with Gasteiger partial charge in [0.05, 0.1) is 5.52 Å². The van der Waals surface area contributed by atoms with Gasteiger partial charge in [-0.05, 0) is 12.1 Å². The molecule has 0 fully saturated rings. The fraction of sp³-hybridized carbons (Fsp3) is 0.100. The van der Waals surface area contributed by atoms with Crippen molar-refractivity contribution in [2.45, 2.75) is 6.55 Å². The van der Waals surface area contributed by atoms with Gasteiger partial charge in [-0.3, -0.25) is 4.79 Å². The second kappa shape index (κ2) is 3.62. The van der Waals surface area contributed by atoms with Crippen LogP contribution in [0.25, 0.3) is 10.9 Å². The van der Waals surface area contributed by atoms with E-state index < -0.39 is 12.1 Å². The third-order valence-electron chi connectivity index (χ3n) is 2.10. The molecule has 0 saturated carbocycles. The van der Waals surface area contributed by atoms with Crippen LogP contribution >= 0.6 is 11.6 Å². The van der Waals surface area contributed by atoms with Gasteiger partial charge in [-0.1, -0.05) is 29.8 Å². The Morgan fingerprint density at radius 3 is 2.60 bits per heavy atom. The number of alkyl halides is 2. The van der Waals surface area contributed by atoms with Crippen molar-refractivity contribution in [3.05, 3.63) is 45.7 Å². The first-order valence-corrected chi connectivity index (χ1v) is 4.57. The number of hydrogen-bond donors (Lipinski definition) is 0. The average molecular weight is 230 g/mol. The summed E-state index contributed by atoms with van der Waals surface area (Å²) in [5, 5.41) is 0.316. The lowest BCUT2D eigenvalue weighted by molar-refractivity contribution is 0.0714. The van der Waals surface area contributed by atoms with E-state index in [1.165, 1.54) is 12.1 Å². The Kier molecular flexibility index (Phi) is 2.44. The lowest BCUT2D eigenvalue weighted by Gasteiger charge is -2.09. The van der Waals surface area contributed by atoms with Crippen molar-refractivity contribution in [3.8, 4) is 0 Å². The highest BCUT2D eigenvalue weighted by molar-refractivity contribution is 6.31. The van der Waals surface area contributed by atoms with Crippen molar-refractivity contribution in [3.63, 3.8) is 0 Å². The molecule has 15 heavy (non-hydrogen) atoms. The third-order valence-corrected chi connectivity index (χ3v) is 2.37. The molecule has 0 bridgehead atoms. The zero-order chi connectivity index (χ0) is 11.0. The molecule has 1 heterocycles. The summed E-state index contributed by atoms with van der Waals surface area (Å²) >= 11 is 5.57. The van der Waals surface area contributed by atoms with Crippen LogP contribution < -0.4 is 5.56 Å². The third kappa shape index (κ3) is 1.61. The van der Waals surface area contributed by atoms with Gasteiger partial charge in [-0.25, -0.2) is 4.57 Å². The number of para-hydroxylation sites is 1. The molecule has 78 valence electrons. The molecular formula is C10H6ClF2NO. The van der Waals surface area contributed by atoms with Crippen LogP contribution in [0, 0.1) is 0 Å². The second-order valence-electron chi connectivity index (χ2n) is 3.00. The molecule has 0 saturated heterocycles. The van der Waals surface area contributed by atoms with E-state index in [-0.39, 0.29) is 10.5 Å². The monoisotopic (exact) mass is 229 g/mol. The number of nitrogens with zero attached hydrogens (tertiary/aromatic N) is 1. The minimum absolute atomic E-state index is 0.182. The second-order valence-corrected chi connectivity index (χ2v) is 3.41. The van der Waals surface area contributed by atoms with Crippen molar-refractivity contribution >= 4 is 22.5 Å². The van der Waals surface area contributed by atoms with Gasteiger partial charge in [0.2, 0.25) is 0 Å². The predicted molar refractivity (Wildman–Crippen MR) is 54.5 cm³/mol. The summed E-state index contributed by atoms with van der Waals surface area (Å²) in [7, 11) is 0. The normalized spacial score (nSPS) is 11.2. The molecule has 0 aliphatic heterocycles. The maximum atomic E-state index is 12.6. The fourth-order valence-electron chi connectivity index (χ4n) is 1.45. The van der Waals surface area contributed by atoms with Gasteiger partial charge >= 0.3 is 6.55 Å². The molecule has 0 spiro atoms. The summed E-state index contributed by atoms with van der Waals surface area (Å²) in [6.45, 7) is -2.89. The van der Waals surface area contributed by atoms with E-state index in [2.05, 4.69) is 0 Å². The number of pyridine rings is 1. The Balaban J connectivity index is 2.96. The van der Waals surface area contributed by atoms with Crippen LogP contribution in [-0.2, 0) is 0 Å². The SMILES string of the molecule is O=c1c(Cl)cc2ccccc2n1C(F)F. The Morgan fingerprint density at radius 1 is 1.27 bits per heavy atom. The number of aromatic nitrogens is 1. The molecule has 2 rings (SSSR count). The van der Waals surface area contributed by atoms with Crippen LogP contribution in [0.3, 0.4) is 0 Å². The van der Waals surface area contributed by atoms with Gasteiger partial charge in [-0.15, -0.1) is 0 Å². The van der Waals surface area contributed by atoms with E-state index in [0.29, 0.717) is 9.95 Å². The first-order valence-electron chi connectivity index (χ1n) is 4.19. The van der Waals surface area contributed by atoms with Crippen LogP contribution in [0.1, 0.15) is 6.55 Å². The first-order chi connectivity index (χ1) is 7.11. The minimum Gasteiger partial charge on any atom is -0.267 e. The van der Waals surface area contributed by atoms with Crippen LogP contribution in [0.2, 0.25) is 5.02 Å². The molecule has 0 aliphatic rings. The van der Waals surface area contributed by atoms with Crippen molar-refractivity contribution in [2.24, 2.45) is 0 Å². The quantitative estimate of drug-likeness (QED) is 0.737. The van der Waals surface area contributed by atoms with Crippen molar-refractivity contribution in [1.82, 2.24) is 4.57 Å². The minimum atomic E-state index is -2.89. The molecule has 5 heteroatoms. The highest BCUT2D eigenvalue weighted by atomic mass is 35.5. The Labute approximate surface area is 88.7 Å². The van der Waals surface area contributed by atoms with Gasteiger partial charge in [0.25, 0.3) is 5.56 Å². The Bertz CT molecular complexity index is 565. The lowest BCUT2D eigenvalue weighted by atomic mass is 10.2. The van der Waals surface area contributed by atoms with E-state index in [0.717, 1.165) is 0 Å². The molecule has 0 N–H and O–H groups in total. The number of benzene rings is 1. The summed E-state index contributed by atoms with van der Waals surface area (Å²) in [5.41, 5.74) is -0.688. The highest BCUT2D eigenvalue weighted by Gasteiger charge is 2.14. The molecular weight excluding hydrogens is 224 g/mol. The summed E-state index contributed by atoms with van der Waals surface area (Å²) in [6.07, 6.45) is 0. The molecule has 1 aromatic carbocycles. The Morgan fingerprint density at radius 2 is 1.93 bits per heavy atom. The smallest absolute Gasteiger partial charge is 0.267 e. The molecule has 2 nitrogen and oxygen atoms in total. The van der Waals surface area contributed by atoms with E-state index in [4.69, 9.17) is 11.6 Å². The van der Waals surface area contributed by atoms with Gasteiger partial charge in [-0.2, -0.15) is 8.78 Å². The number of fused-ring (bicyclic) bond motifs is 1. The molecule has 0 atom stereocenters. The molecule has 1 aromatic heterocycles. The maximum absolute atomic E-state index is 12.6. The standard InChI is InChI=1S/C10H6ClF2NO/c11-7-5-6-3-1-2-4-8(6)14(9(7)15)10(12)13/h1-5,10H. The van der Waals surface area contributed by atoms with Crippen LogP contribution in [0.4, 0.5) is 8.78 Å². The summed E-state index contributed by atoms with van der Waals surface area (Å²) in [5.74, 6) is 0. The molecule has 0 amide bonds. The van der Waals surface area contributed by atoms with Crippen molar-refractivity contribution < 1.29 is 8.78 Å². The van der Waals surface area contributed by atoms with Crippen molar-refractivity contribution in [2.75, 3.05) is 0 Å². The number of rotatable bonds is 1. The average Bonchev–Trinajstić information content (AvgIpc) is 2.19. The fourth-order valence-corrected chi connectivity index (χ4v) is 1.65. The zero-order valence-corrected chi connectivity index (χ0v) is 8.21. The van der Waals surface area contributed by atoms with Crippen LogP contribution in [-0.4, -0.2) is 4.57 Å². The largest absolute Gasteiger partial charge is 0.321 e. The first kappa shape index (κ1) is 10.1. The van der Waals surface area contributed by atoms with E-state index in [1.54, 1.807) is 18.2 Å².